The molecule has 0 saturated carbocycles. The van der Waals surface area contributed by atoms with Crippen molar-refractivity contribution in [3.05, 3.63) is 59.7 Å². The fraction of sp³-hybridized carbons (Fsp3) is 0.0714. The number of hydrazone groups is 1. The number of hydrogen-bond donors (Lipinski definition) is 1. The van der Waals surface area contributed by atoms with Gasteiger partial charge in [-0.1, -0.05) is 24.3 Å². The number of benzene rings is 2. The van der Waals surface area contributed by atoms with Crippen LogP contribution in [0.15, 0.2) is 53.6 Å². The van der Waals surface area contributed by atoms with Crippen LogP contribution in [0.4, 0.5) is 18.9 Å². The SMILES string of the molecule is OB1c2ccccc2C=NN1c1ccc(C(F)(F)F)cc1. The number of anilines is 1. The third kappa shape index (κ3) is 2.52. The molecule has 106 valence electrons. The van der Waals surface area contributed by atoms with E-state index in [0.717, 1.165) is 17.7 Å². The van der Waals surface area contributed by atoms with Gasteiger partial charge >= 0.3 is 13.2 Å². The van der Waals surface area contributed by atoms with Gasteiger partial charge in [0.2, 0.25) is 0 Å². The molecule has 0 spiro atoms. The highest BCUT2D eigenvalue weighted by Crippen LogP contribution is 2.30. The maximum atomic E-state index is 12.5. The Balaban J connectivity index is 1.92. The minimum atomic E-state index is -4.38. The van der Waals surface area contributed by atoms with Crippen LogP contribution in [0.2, 0.25) is 0 Å². The van der Waals surface area contributed by atoms with Gasteiger partial charge in [-0.2, -0.15) is 18.3 Å². The van der Waals surface area contributed by atoms with E-state index < -0.39 is 18.8 Å². The van der Waals surface area contributed by atoms with Gasteiger partial charge in [0.05, 0.1) is 11.8 Å². The largest absolute Gasteiger partial charge is 0.471 e. The van der Waals surface area contributed by atoms with Crippen LogP contribution in [0.5, 0.6) is 0 Å². The summed E-state index contributed by atoms with van der Waals surface area (Å²) in [5, 5.41) is 14.4. The summed E-state index contributed by atoms with van der Waals surface area (Å²) in [6, 6.07) is 11.7. The molecule has 3 rings (SSSR count). The molecule has 7 heteroatoms. The molecule has 0 aromatic heterocycles. The molecule has 0 fully saturated rings. The maximum Gasteiger partial charge on any atom is 0.471 e. The highest BCUT2D eigenvalue weighted by Gasteiger charge is 2.32. The van der Waals surface area contributed by atoms with Gasteiger partial charge in [-0.3, -0.25) is 4.92 Å². The van der Waals surface area contributed by atoms with Crippen molar-refractivity contribution >= 4 is 24.4 Å². The molecule has 0 bridgehead atoms. The van der Waals surface area contributed by atoms with E-state index in [-0.39, 0.29) is 0 Å². The van der Waals surface area contributed by atoms with E-state index in [1.54, 1.807) is 18.3 Å². The third-order valence-electron chi connectivity index (χ3n) is 3.29. The standard InChI is InChI=1S/C14H10BF3N2O/c16-14(17,18)11-5-7-12(8-6-11)20-15(21)13-4-2-1-3-10(13)9-19-20/h1-9,21H. The molecule has 3 nitrogen and oxygen atoms in total. The Morgan fingerprint density at radius 2 is 1.67 bits per heavy atom. The van der Waals surface area contributed by atoms with Gasteiger partial charge < -0.3 is 5.02 Å². The predicted molar refractivity (Wildman–Crippen MR) is 75.6 cm³/mol. The first-order valence-corrected chi connectivity index (χ1v) is 6.24. The summed E-state index contributed by atoms with van der Waals surface area (Å²) in [5.74, 6) is 0. The highest BCUT2D eigenvalue weighted by molar-refractivity contribution is 6.71. The van der Waals surface area contributed by atoms with Crippen LogP contribution in [0.25, 0.3) is 0 Å². The molecular formula is C14H10BF3N2O. The van der Waals surface area contributed by atoms with Crippen LogP contribution in [-0.4, -0.2) is 18.3 Å². The maximum absolute atomic E-state index is 12.5. The molecule has 0 radical (unpaired) electrons. The lowest BCUT2D eigenvalue weighted by Gasteiger charge is -2.26. The number of hydrogen-bond acceptors (Lipinski definition) is 3. The van der Waals surface area contributed by atoms with Gasteiger partial charge in [0.1, 0.15) is 0 Å². The van der Waals surface area contributed by atoms with Gasteiger partial charge in [-0.25, -0.2) is 0 Å². The molecule has 1 aliphatic rings. The smallest absolute Gasteiger partial charge is 0.427 e. The molecular weight excluding hydrogens is 280 g/mol. The van der Waals surface area contributed by atoms with E-state index in [9.17, 15) is 18.2 Å². The van der Waals surface area contributed by atoms with E-state index in [1.807, 2.05) is 12.1 Å². The Morgan fingerprint density at radius 1 is 1.00 bits per heavy atom. The Hall–Kier alpha value is -2.28. The van der Waals surface area contributed by atoms with Crippen LogP contribution >= 0.6 is 0 Å². The fourth-order valence-electron chi connectivity index (χ4n) is 2.19. The van der Waals surface area contributed by atoms with Crippen LogP contribution in [0.3, 0.4) is 0 Å². The molecule has 0 unspecified atom stereocenters. The van der Waals surface area contributed by atoms with E-state index >= 15 is 0 Å². The van der Waals surface area contributed by atoms with E-state index in [0.29, 0.717) is 11.2 Å². The van der Waals surface area contributed by atoms with Crippen molar-refractivity contribution in [3.8, 4) is 0 Å². The second-order valence-electron chi connectivity index (χ2n) is 4.64. The fourth-order valence-corrected chi connectivity index (χ4v) is 2.19. The zero-order chi connectivity index (χ0) is 15.0. The van der Waals surface area contributed by atoms with Crippen molar-refractivity contribution in [3.63, 3.8) is 0 Å². The second kappa shape index (κ2) is 4.93. The van der Waals surface area contributed by atoms with Gasteiger partial charge in [0.15, 0.2) is 0 Å². The van der Waals surface area contributed by atoms with Crippen molar-refractivity contribution in [2.45, 2.75) is 6.18 Å². The quantitative estimate of drug-likeness (QED) is 0.818. The van der Waals surface area contributed by atoms with Crippen molar-refractivity contribution in [1.82, 2.24) is 0 Å². The minimum Gasteiger partial charge on any atom is -0.427 e. The zero-order valence-corrected chi connectivity index (χ0v) is 10.7. The van der Waals surface area contributed by atoms with Crippen molar-refractivity contribution in [2.24, 2.45) is 5.10 Å². The first-order chi connectivity index (χ1) is 9.97. The van der Waals surface area contributed by atoms with Crippen LogP contribution in [-0.2, 0) is 6.18 Å². The Labute approximate surface area is 119 Å². The van der Waals surface area contributed by atoms with Crippen molar-refractivity contribution in [2.75, 3.05) is 4.92 Å². The zero-order valence-electron chi connectivity index (χ0n) is 10.7. The molecule has 1 N–H and O–H groups in total. The van der Waals surface area contributed by atoms with Crippen molar-refractivity contribution < 1.29 is 18.2 Å². The predicted octanol–water partition coefficient (Wildman–Crippen LogP) is 2.25. The minimum absolute atomic E-state index is 0.390. The van der Waals surface area contributed by atoms with Gasteiger partial charge in [-0.05, 0) is 35.3 Å². The topological polar surface area (TPSA) is 35.8 Å². The summed E-state index contributed by atoms with van der Waals surface area (Å²) in [6.07, 6.45) is -2.81. The molecule has 0 atom stereocenters. The lowest BCUT2D eigenvalue weighted by molar-refractivity contribution is -0.137. The molecule has 1 heterocycles. The number of halogens is 3. The Bertz CT molecular complexity index is 685. The highest BCUT2D eigenvalue weighted by atomic mass is 19.4. The molecule has 2 aromatic carbocycles. The van der Waals surface area contributed by atoms with E-state index in [2.05, 4.69) is 5.10 Å². The number of rotatable bonds is 1. The molecule has 1 aliphatic heterocycles. The number of nitrogens with zero attached hydrogens (tertiary/aromatic N) is 2. The summed E-state index contributed by atoms with van der Waals surface area (Å²) in [7, 11) is -1.03. The van der Waals surface area contributed by atoms with Crippen LogP contribution in [0.1, 0.15) is 11.1 Å². The van der Waals surface area contributed by atoms with E-state index in [1.165, 1.54) is 17.1 Å². The monoisotopic (exact) mass is 290 g/mol. The lowest BCUT2D eigenvalue weighted by atomic mass is 9.69. The van der Waals surface area contributed by atoms with E-state index in [4.69, 9.17) is 0 Å². The molecule has 0 amide bonds. The first-order valence-electron chi connectivity index (χ1n) is 6.24. The van der Waals surface area contributed by atoms with Crippen LogP contribution in [0, 0.1) is 0 Å². The summed E-state index contributed by atoms with van der Waals surface area (Å²) >= 11 is 0. The van der Waals surface area contributed by atoms with Crippen molar-refractivity contribution in [1.29, 1.82) is 0 Å². The summed E-state index contributed by atoms with van der Waals surface area (Å²) < 4.78 is 37.6. The molecule has 21 heavy (non-hydrogen) atoms. The lowest BCUT2D eigenvalue weighted by Crippen LogP contribution is -2.50. The average molecular weight is 290 g/mol. The normalized spacial score (nSPS) is 14.3. The Kier molecular flexibility index (Phi) is 3.21. The van der Waals surface area contributed by atoms with Gasteiger partial charge in [-0.15, -0.1) is 0 Å². The summed E-state index contributed by atoms with van der Waals surface area (Å²) in [6.45, 7) is 0. The van der Waals surface area contributed by atoms with Gasteiger partial charge in [0.25, 0.3) is 0 Å². The molecule has 2 aromatic rings. The second-order valence-corrected chi connectivity index (χ2v) is 4.64. The number of alkyl halides is 3. The Morgan fingerprint density at radius 3 is 2.33 bits per heavy atom. The van der Waals surface area contributed by atoms with Crippen LogP contribution < -0.4 is 10.4 Å². The average Bonchev–Trinajstić information content (AvgIpc) is 2.47. The van der Waals surface area contributed by atoms with Gasteiger partial charge in [0, 0.05) is 5.69 Å². The molecule has 0 saturated heterocycles. The number of fused-ring (bicyclic) bond motifs is 1. The summed E-state index contributed by atoms with van der Waals surface area (Å²) in [5.41, 5.74) is 1.10. The first kappa shape index (κ1) is 13.7. The molecule has 0 aliphatic carbocycles. The third-order valence-corrected chi connectivity index (χ3v) is 3.29. The summed E-state index contributed by atoms with van der Waals surface area (Å²) in [4.78, 5) is 1.28.